The minimum atomic E-state index is -0.688. The first-order chi connectivity index (χ1) is 14.7. The van der Waals surface area contributed by atoms with Gasteiger partial charge in [-0.2, -0.15) is 0 Å². The number of halogens is 2. The molecule has 0 saturated carbocycles. The van der Waals surface area contributed by atoms with E-state index in [4.69, 9.17) is 27.9 Å². The van der Waals surface area contributed by atoms with E-state index in [1.54, 1.807) is 31.2 Å². The maximum absolute atomic E-state index is 12.4. The zero-order valence-electron chi connectivity index (χ0n) is 17.6. The molecule has 0 aromatic heterocycles. The van der Waals surface area contributed by atoms with Gasteiger partial charge in [0.15, 0.2) is 0 Å². The topological polar surface area (TPSA) is 67.4 Å². The van der Waals surface area contributed by atoms with Crippen LogP contribution >= 0.6 is 23.2 Å². The van der Waals surface area contributed by atoms with Crippen molar-refractivity contribution in [2.24, 2.45) is 0 Å². The van der Waals surface area contributed by atoms with Crippen LogP contribution in [0.25, 0.3) is 0 Å². The van der Waals surface area contributed by atoms with Crippen molar-refractivity contribution in [2.45, 2.75) is 27.7 Å². The quantitative estimate of drug-likeness (QED) is 0.444. The van der Waals surface area contributed by atoms with Crippen LogP contribution in [0.5, 0.6) is 11.5 Å². The number of amides is 3. The summed E-state index contributed by atoms with van der Waals surface area (Å²) >= 11 is 12.6. The van der Waals surface area contributed by atoms with Crippen molar-refractivity contribution in [2.75, 3.05) is 5.32 Å². The fourth-order valence-electron chi connectivity index (χ4n) is 3.10. The number of urea groups is 1. The Morgan fingerprint density at radius 3 is 2.29 bits per heavy atom. The van der Waals surface area contributed by atoms with Crippen molar-refractivity contribution in [1.82, 2.24) is 5.32 Å². The van der Waals surface area contributed by atoms with E-state index >= 15 is 0 Å². The average molecular weight is 457 g/mol. The lowest BCUT2D eigenvalue weighted by molar-refractivity contribution is 0.0967. The van der Waals surface area contributed by atoms with Crippen LogP contribution in [0.1, 0.15) is 32.6 Å². The Bertz CT molecular complexity index is 1180. The molecule has 0 aliphatic carbocycles. The number of carbonyl (C=O) groups is 2. The molecule has 0 heterocycles. The molecule has 0 radical (unpaired) electrons. The first kappa shape index (κ1) is 22.7. The molecule has 3 aromatic rings. The molecule has 0 aliphatic rings. The second-order valence-corrected chi connectivity index (χ2v) is 8.05. The van der Waals surface area contributed by atoms with Gasteiger partial charge in [-0.15, -0.1) is 0 Å². The molecule has 0 saturated heterocycles. The van der Waals surface area contributed by atoms with Crippen molar-refractivity contribution in [3.63, 3.8) is 0 Å². The summed E-state index contributed by atoms with van der Waals surface area (Å²) in [6, 6.07) is 13.4. The predicted octanol–water partition coefficient (Wildman–Crippen LogP) is 6.98. The van der Waals surface area contributed by atoms with E-state index in [1.165, 1.54) is 6.07 Å². The van der Waals surface area contributed by atoms with Crippen molar-refractivity contribution in [3.05, 3.63) is 86.4 Å². The lowest BCUT2D eigenvalue weighted by Crippen LogP contribution is -2.34. The van der Waals surface area contributed by atoms with Gasteiger partial charge in [-0.05, 0) is 68.7 Å². The molecule has 3 amide bonds. The Hall–Kier alpha value is -3.02. The van der Waals surface area contributed by atoms with E-state index in [9.17, 15) is 9.59 Å². The van der Waals surface area contributed by atoms with Gasteiger partial charge in [-0.25, -0.2) is 4.79 Å². The number of imide groups is 1. The minimum absolute atomic E-state index is 0.211. The van der Waals surface area contributed by atoms with E-state index in [2.05, 4.69) is 10.6 Å². The first-order valence-electron chi connectivity index (χ1n) is 9.59. The molecular weight excluding hydrogens is 435 g/mol. The van der Waals surface area contributed by atoms with E-state index < -0.39 is 11.9 Å². The van der Waals surface area contributed by atoms with E-state index in [1.807, 2.05) is 39.0 Å². The van der Waals surface area contributed by atoms with Gasteiger partial charge in [0.2, 0.25) is 0 Å². The molecule has 31 heavy (non-hydrogen) atoms. The van der Waals surface area contributed by atoms with Crippen molar-refractivity contribution in [3.8, 4) is 11.5 Å². The maximum Gasteiger partial charge on any atom is 0.326 e. The molecule has 0 fully saturated rings. The van der Waals surface area contributed by atoms with E-state index in [0.29, 0.717) is 27.8 Å². The van der Waals surface area contributed by atoms with Gasteiger partial charge in [0.05, 0.1) is 15.6 Å². The molecule has 0 aliphatic heterocycles. The van der Waals surface area contributed by atoms with Crippen LogP contribution in [0.2, 0.25) is 10.0 Å². The number of aryl methyl sites for hydroxylation is 3. The molecule has 3 aromatic carbocycles. The summed E-state index contributed by atoms with van der Waals surface area (Å²) in [5, 5.41) is 5.58. The van der Waals surface area contributed by atoms with Crippen molar-refractivity contribution in [1.29, 1.82) is 0 Å². The maximum atomic E-state index is 12.4. The Kier molecular flexibility index (Phi) is 6.88. The van der Waals surface area contributed by atoms with Gasteiger partial charge in [-0.3, -0.25) is 10.1 Å². The van der Waals surface area contributed by atoms with Crippen LogP contribution in [0, 0.1) is 27.7 Å². The van der Waals surface area contributed by atoms with Crippen LogP contribution in [0.15, 0.2) is 48.5 Å². The summed E-state index contributed by atoms with van der Waals surface area (Å²) in [6.07, 6.45) is 0. The number of anilines is 1. The monoisotopic (exact) mass is 456 g/mol. The average Bonchev–Trinajstić information content (AvgIpc) is 2.70. The standard InChI is InChI=1S/C24H22Cl2N2O3/c1-13-9-10-20(14(2)11-13)31-22-15(3)12-19(16(4)21(22)26)27-24(30)28-23(29)17-7-5-6-8-18(17)25/h5-12H,1-4H3,(H2,27,28,29,30). The number of rotatable bonds is 4. The summed E-state index contributed by atoms with van der Waals surface area (Å²) in [5.74, 6) is 0.626. The molecule has 2 N–H and O–H groups in total. The van der Waals surface area contributed by atoms with Crippen LogP contribution in [-0.4, -0.2) is 11.9 Å². The number of ether oxygens (including phenoxy) is 1. The molecule has 0 bridgehead atoms. The molecule has 0 spiro atoms. The summed E-state index contributed by atoms with van der Waals surface area (Å²) < 4.78 is 6.07. The van der Waals surface area contributed by atoms with Gasteiger partial charge in [0.1, 0.15) is 11.5 Å². The largest absolute Gasteiger partial charge is 0.455 e. The highest BCUT2D eigenvalue weighted by Gasteiger charge is 2.18. The smallest absolute Gasteiger partial charge is 0.326 e. The molecular formula is C24H22Cl2N2O3. The van der Waals surface area contributed by atoms with Gasteiger partial charge in [0.25, 0.3) is 5.91 Å². The number of carbonyl (C=O) groups excluding carboxylic acids is 2. The van der Waals surface area contributed by atoms with Crippen LogP contribution in [0.4, 0.5) is 10.5 Å². The Morgan fingerprint density at radius 2 is 1.61 bits per heavy atom. The van der Waals surface area contributed by atoms with E-state index in [0.717, 1.165) is 16.7 Å². The van der Waals surface area contributed by atoms with Gasteiger partial charge >= 0.3 is 6.03 Å². The Morgan fingerprint density at radius 1 is 0.903 bits per heavy atom. The normalized spacial score (nSPS) is 10.5. The zero-order valence-corrected chi connectivity index (χ0v) is 19.1. The van der Waals surface area contributed by atoms with E-state index in [-0.39, 0.29) is 10.6 Å². The SMILES string of the molecule is Cc1ccc(Oc2c(C)cc(NC(=O)NC(=O)c3ccccc3Cl)c(C)c2Cl)c(C)c1. The molecule has 0 atom stereocenters. The van der Waals surface area contributed by atoms with Crippen LogP contribution in [-0.2, 0) is 0 Å². The summed E-state index contributed by atoms with van der Waals surface area (Å²) in [6.45, 7) is 7.58. The number of hydrogen-bond donors (Lipinski definition) is 2. The summed E-state index contributed by atoms with van der Waals surface area (Å²) in [7, 11) is 0. The Labute approximate surface area is 191 Å². The number of hydrogen-bond acceptors (Lipinski definition) is 3. The first-order valence-corrected chi connectivity index (χ1v) is 10.3. The third kappa shape index (κ3) is 5.19. The van der Waals surface area contributed by atoms with Gasteiger partial charge in [-0.1, -0.05) is 53.0 Å². The summed E-state index contributed by atoms with van der Waals surface area (Å²) in [4.78, 5) is 24.7. The fourth-order valence-corrected chi connectivity index (χ4v) is 3.61. The second kappa shape index (κ2) is 9.41. The lowest BCUT2D eigenvalue weighted by Gasteiger charge is -2.18. The zero-order chi connectivity index (χ0) is 22.7. The third-order valence-corrected chi connectivity index (χ3v) is 5.57. The van der Waals surface area contributed by atoms with Gasteiger partial charge < -0.3 is 10.1 Å². The second-order valence-electron chi connectivity index (χ2n) is 7.27. The third-order valence-electron chi connectivity index (χ3n) is 4.79. The molecule has 0 unspecified atom stereocenters. The van der Waals surface area contributed by atoms with Crippen LogP contribution in [0.3, 0.4) is 0 Å². The molecule has 7 heteroatoms. The highest BCUT2D eigenvalue weighted by molar-refractivity contribution is 6.34. The number of benzene rings is 3. The van der Waals surface area contributed by atoms with Gasteiger partial charge in [0, 0.05) is 5.69 Å². The van der Waals surface area contributed by atoms with Crippen molar-refractivity contribution < 1.29 is 14.3 Å². The highest BCUT2D eigenvalue weighted by atomic mass is 35.5. The molecule has 5 nitrogen and oxygen atoms in total. The van der Waals surface area contributed by atoms with Crippen LogP contribution < -0.4 is 15.4 Å². The number of nitrogens with one attached hydrogen (secondary N) is 2. The predicted molar refractivity (Wildman–Crippen MR) is 125 cm³/mol. The minimum Gasteiger partial charge on any atom is -0.455 e. The fraction of sp³-hybridized carbons (Fsp3) is 0.167. The molecule has 160 valence electrons. The summed E-state index contributed by atoms with van der Waals surface area (Å²) in [5.41, 5.74) is 4.17. The Balaban J connectivity index is 1.79. The lowest BCUT2D eigenvalue weighted by atomic mass is 10.1. The van der Waals surface area contributed by atoms with Crippen molar-refractivity contribution >= 4 is 40.8 Å². The highest BCUT2D eigenvalue weighted by Crippen LogP contribution is 2.39. The molecule has 3 rings (SSSR count).